The van der Waals surface area contributed by atoms with E-state index in [9.17, 15) is 0 Å². The van der Waals surface area contributed by atoms with E-state index >= 15 is 0 Å². The lowest BCUT2D eigenvalue weighted by molar-refractivity contribution is -0.909. The number of rotatable bonds is 8. The molecule has 1 aliphatic rings. The second-order valence-electron chi connectivity index (χ2n) is 5.64. The molecule has 2 atom stereocenters. The lowest BCUT2D eigenvalue weighted by Gasteiger charge is -2.29. The molecule has 1 heterocycles. The zero-order valence-electron chi connectivity index (χ0n) is 11.9. The molecule has 0 spiro atoms. The largest absolute Gasteiger partial charge is 1.00 e. The molecule has 2 heteroatoms. The highest BCUT2D eigenvalue weighted by Gasteiger charge is 2.20. The van der Waals surface area contributed by atoms with Gasteiger partial charge in [-0.2, -0.15) is 0 Å². The molecule has 0 aliphatic carbocycles. The van der Waals surface area contributed by atoms with Crippen LogP contribution in [0.4, 0.5) is 0 Å². The fraction of sp³-hybridized carbons (Fsp3) is 1.00. The molecule has 0 aromatic carbocycles. The van der Waals surface area contributed by atoms with Crippen LogP contribution < -0.4 is 9.60 Å². The molecular weight excluding hydrogens is 213 g/mol. The van der Waals surface area contributed by atoms with Gasteiger partial charge in [0.25, 0.3) is 0 Å². The van der Waals surface area contributed by atoms with Gasteiger partial charge in [-0.1, -0.05) is 39.5 Å². The lowest BCUT2D eigenvalue weighted by Crippen LogP contribution is -3.13. The number of nitrogens with one attached hydrogen (secondary N) is 1. The Hall–Kier alpha value is -0.110. The summed E-state index contributed by atoms with van der Waals surface area (Å²) in [5, 5.41) is 0. The molecule has 104 valence electrons. The minimum atomic E-state index is 0. The van der Waals surface area contributed by atoms with Crippen LogP contribution in [0.5, 0.6) is 0 Å². The Morgan fingerprint density at radius 1 is 1.00 bits per heavy atom. The Morgan fingerprint density at radius 3 is 2.41 bits per heavy atom. The first-order valence-corrected chi connectivity index (χ1v) is 7.70. The standard InChI is InChI=1S/C15H31N.FH/c1-3-5-6-7-8-9-12-16-13-10-11-15(4-2)14-16;/h15H,3-14H2,1-2H3;1H. The maximum atomic E-state index is 2.36. The van der Waals surface area contributed by atoms with Crippen molar-refractivity contribution in [2.75, 3.05) is 19.6 Å². The summed E-state index contributed by atoms with van der Waals surface area (Å²) in [6, 6.07) is 0. The van der Waals surface area contributed by atoms with E-state index in [1.807, 2.05) is 4.90 Å². The molecule has 1 rings (SSSR count). The van der Waals surface area contributed by atoms with Gasteiger partial charge in [-0.15, -0.1) is 0 Å². The van der Waals surface area contributed by atoms with E-state index < -0.39 is 0 Å². The highest BCUT2D eigenvalue weighted by atomic mass is 19.0. The van der Waals surface area contributed by atoms with Crippen LogP contribution in [0, 0.1) is 5.92 Å². The van der Waals surface area contributed by atoms with Gasteiger partial charge >= 0.3 is 0 Å². The minimum Gasteiger partial charge on any atom is -1.00 e. The van der Waals surface area contributed by atoms with Crippen molar-refractivity contribution < 1.29 is 9.60 Å². The predicted octanol–water partition coefficient (Wildman–Crippen LogP) is 0.0558. The summed E-state index contributed by atoms with van der Waals surface area (Å²) < 4.78 is 0. The van der Waals surface area contributed by atoms with Crippen LogP contribution in [0.2, 0.25) is 0 Å². The van der Waals surface area contributed by atoms with Crippen LogP contribution in [-0.4, -0.2) is 19.6 Å². The van der Waals surface area contributed by atoms with Crippen molar-refractivity contribution in [1.29, 1.82) is 0 Å². The Bertz CT molecular complexity index is 161. The van der Waals surface area contributed by atoms with E-state index in [1.54, 1.807) is 0 Å². The van der Waals surface area contributed by atoms with Gasteiger partial charge < -0.3 is 9.60 Å². The number of unbranched alkanes of at least 4 members (excludes halogenated alkanes) is 5. The molecule has 0 saturated carbocycles. The van der Waals surface area contributed by atoms with Gasteiger partial charge in [0.2, 0.25) is 0 Å². The third-order valence-corrected chi connectivity index (χ3v) is 4.18. The van der Waals surface area contributed by atoms with Gasteiger partial charge in [0.1, 0.15) is 0 Å². The van der Waals surface area contributed by atoms with Crippen LogP contribution in [-0.2, 0) is 0 Å². The average molecular weight is 245 g/mol. The van der Waals surface area contributed by atoms with Crippen molar-refractivity contribution in [3.63, 3.8) is 0 Å². The maximum Gasteiger partial charge on any atom is 0.0799 e. The number of hydrogen-bond acceptors (Lipinski definition) is 0. The molecule has 0 aromatic heterocycles. The smallest absolute Gasteiger partial charge is 0.0799 e. The van der Waals surface area contributed by atoms with Crippen LogP contribution in [0.3, 0.4) is 0 Å². The van der Waals surface area contributed by atoms with Crippen molar-refractivity contribution in [3.05, 3.63) is 0 Å². The highest BCUT2D eigenvalue weighted by Crippen LogP contribution is 2.10. The summed E-state index contributed by atoms with van der Waals surface area (Å²) in [4.78, 5) is 1.90. The molecule has 2 unspecified atom stereocenters. The van der Waals surface area contributed by atoms with Crippen LogP contribution >= 0.6 is 0 Å². The summed E-state index contributed by atoms with van der Waals surface area (Å²) in [5.74, 6) is 1.03. The lowest BCUT2D eigenvalue weighted by atomic mass is 9.95. The second-order valence-corrected chi connectivity index (χ2v) is 5.64. The second kappa shape index (κ2) is 11.0. The van der Waals surface area contributed by atoms with E-state index in [0.717, 1.165) is 5.92 Å². The SMILES string of the molecule is CCCCCCCC[NH+]1CCCC(CC)C1.[F-]. The van der Waals surface area contributed by atoms with Gasteiger partial charge in [-0.05, 0) is 32.1 Å². The normalized spacial score (nSPS) is 24.4. The summed E-state index contributed by atoms with van der Waals surface area (Å²) in [6.07, 6.45) is 13.1. The predicted molar refractivity (Wildman–Crippen MR) is 72.0 cm³/mol. The summed E-state index contributed by atoms with van der Waals surface area (Å²) in [7, 11) is 0. The number of hydrogen-bond donors (Lipinski definition) is 1. The first-order valence-electron chi connectivity index (χ1n) is 7.70. The zero-order valence-corrected chi connectivity index (χ0v) is 11.9. The van der Waals surface area contributed by atoms with Gasteiger partial charge in [0.05, 0.1) is 19.6 Å². The van der Waals surface area contributed by atoms with Crippen molar-refractivity contribution in [1.82, 2.24) is 0 Å². The van der Waals surface area contributed by atoms with Gasteiger partial charge in [-0.3, -0.25) is 0 Å². The molecule has 0 radical (unpaired) electrons. The maximum absolute atomic E-state index is 2.36. The van der Waals surface area contributed by atoms with Crippen LogP contribution in [0.25, 0.3) is 0 Å². The monoisotopic (exact) mass is 245 g/mol. The summed E-state index contributed by atoms with van der Waals surface area (Å²) in [5.41, 5.74) is 0. The first-order chi connectivity index (χ1) is 7.86. The summed E-state index contributed by atoms with van der Waals surface area (Å²) >= 11 is 0. The number of piperidine rings is 1. The number of halogens is 1. The van der Waals surface area contributed by atoms with E-state index in [-0.39, 0.29) is 4.70 Å². The highest BCUT2D eigenvalue weighted by molar-refractivity contribution is 4.59. The Kier molecular flexibility index (Phi) is 10.9. The molecule has 1 saturated heterocycles. The van der Waals surface area contributed by atoms with Crippen LogP contribution in [0.1, 0.15) is 71.6 Å². The number of quaternary nitrogens is 1. The van der Waals surface area contributed by atoms with E-state index in [4.69, 9.17) is 0 Å². The molecule has 1 N–H and O–H groups in total. The Morgan fingerprint density at radius 2 is 1.71 bits per heavy atom. The quantitative estimate of drug-likeness (QED) is 0.577. The molecular formula is C15H32FN. The zero-order chi connectivity index (χ0) is 11.6. The Labute approximate surface area is 107 Å². The third-order valence-electron chi connectivity index (χ3n) is 4.18. The van der Waals surface area contributed by atoms with Crippen molar-refractivity contribution in [2.24, 2.45) is 5.92 Å². The third kappa shape index (κ3) is 7.75. The molecule has 1 fully saturated rings. The molecule has 0 bridgehead atoms. The fourth-order valence-corrected chi connectivity index (χ4v) is 2.98. The molecule has 0 aromatic rings. The van der Waals surface area contributed by atoms with E-state index in [0.29, 0.717) is 0 Å². The van der Waals surface area contributed by atoms with Gasteiger partial charge in [-0.25, -0.2) is 0 Å². The first kappa shape index (κ1) is 16.9. The molecule has 0 amide bonds. The molecule has 1 nitrogen and oxygen atoms in total. The average Bonchev–Trinajstić information content (AvgIpc) is 2.34. The van der Waals surface area contributed by atoms with E-state index in [1.165, 1.54) is 77.4 Å². The van der Waals surface area contributed by atoms with Gasteiger partial charge in [0, 0.05) is 5.92 Å². The number of likely N-dealkylation sites (tertiary alicyclic amines) is 1. The van der Waals surface area contributed by atoms with E-state index in [2.05, 4.69) is 13.8 Å². The fourth-order valence-electron chi connectivity index (χ4n) is 2.98. The summed E-state index contributed by atoms with van der Waals surface area (Å²) in [6.45, 7) is 9.01. The van der Waals surface area contributed by atoms with Crippen molar-refractivity contribution in [2.45, 2.75) is 71.6 Å². The van der Waals surface area contributed by atoms with Crippen molar-refractivity contribution in [3.8, 4) is 0 Å². The minimum absolute atomic E-state index is 0. The topological polar surface area (TPSA) is 4.44 Å². The van der Waals surface area contributed by atoms with Crippen LogP contribution in [0.15, 0.2) is 0 Å². The molecule has 17 heavy (non-hydrogen) atoms. The molecule has 1 aliphatic heterocycles. The Balaban J connectivity index is 0.00000256. The van der Waals surface area contributed by atoms with Gasteiger partial charge in [0.15, 0.2) is 0 Å². The van der Waals surface area contributed by atoms with Crippen molar-refractivity contribution >= 4 is 0 Å².